The summed E-state index contributed by atoms with van der Waals surface area (Å²) in [5.74, 6) is 1.34. The number of benzene rings is 1. The van der Waals surface area contributed by atoms with Crippen molar-refractivity contribution < 1.29 is 12.8 Å². The lowest BCUT2D eigenvalue weighted by Gasteiger charge is -2.16. The van der Waals surface area contributed by atoms with E-state index in [4.69, 9.17) is 16.0 Å². The van der Waals surface area contributed by atoms with Gasteiger partial charge in [0, 0.05) is 25.5 Å². The van der Waals surface area contributed by atoms with Crippen LogP contribution in [-0.2, 0) is 10.0 Å². The SMILES string of the molecule is CN=C(NCCNS(=O)(=O)c1ccc(Cl)s1)NC(C)c1cc2ccccc2o1. The van der Waals surface area contributed by atoms with E-state index in [1.54, 1.807) is 13.1 Å². The Balaban J connectivity index is 1.50. The lowest BCUT2D eigenvalue weighted by atomic mass is 10.2. The highest BCUT2D eigenvalue weighted by atomic mass is 35.5. The number of furan rings is 1. The maximum absolute atomic E-state index is 12.2. The standard InChI is InChI=1S/C18H21ClN4O3S2/c1-12(15-11-13-5-3-4-6-14(13)26-15)23-18(20-2)21-9-10-22-28(24,25)17-8-7-16(19)27-17/h3-8,11-12,22H,9-10H2,1-2H3,(H2,20,21,23). The predicted molar refractivity (Wildman–Crippen MR) is 114 cm³/mol. The molecule has 0 fully saturated rings. The molecule has 0 saturated heterocycles. The van der Waals surface area contributed by atoms with Crippen LogP contribution in [0.2, 0.25) is 4.34 Å². The molecule has 10 heteroatoms. The first kappa shape index (κ1) is 20.7. The molecule has 0 aliphatic heterocycles. The summed E-state index contributed by atoms with van der Waals surface area (Å²) in [6, 6.07) is 12.7. The van der Waals surface area contributed by atoms with E-state index in [9.17, 15) is 8.42 Å². The summed E-state index contributed by atoms with van der Waals surface area (Å²) in [7, 11) is -1.90. The molecule has 0 radical (unpaired) electrons. The van der Waals surface area contributed by atoms with Gasteiger partial charge in [0.2, 0.25) is 10.0 Å². The van der Waals surface area contributed by atoms with E-state index in [1.807, 2.05) is 37.3 Å². The van der Waals surface area contributed by atoms with Crippen LogP contribution in [0.5, 0.6) is 0 Å². The molecule has 0 saturated carbocycles. The Bertz CT molecular complexity index is 1040. The Morgan fingerprint density at radius 3 is 2.71 bits per heavy atom. The number of nitrogens with zero attached hydrogens (tertiary/aromatic N) is 1. The van der Waals surface area contributed by atoms with Gasteiger partial charge < -0.3 is 15.1 Å². The Kier molecular flexibility index (Phi) is 6.61. The minimum atomic E-state index is -3.56. The lowest BCUT2D eigenvalue weighted by molar-refractivity contribution is 0.488. The molecule has 28 heavy (non-hydrogen) atoms. The van der Waals surface area contributed by atoms with Crippen LogP contribution < -0.4 is 15.4 Å². The normalized spacial score (nSPS) is 13.6. The number of halogens is 1. The highest BCUT2D eigenvalue weighted by Crippen LogP contribution is 2.25. The molecule has 1 atom stereocenters. The van der Waals surface area contributed by atoms with Crippen LogP contribution >= 0.6 is 22.9 Å². The summed E-state index contributed by atoms with van der Waals surface area (Å²) in [5.41, 5.74) is 0.831. The topological polar surface area (TPSA) is 95.7 Å². The summed E-state index contributed by atoms with van der Waals surface area (Å²) >= 11 is 6.81. The van der Waals surface area contributed by atoms with E-state index < -0.39 is 10.0 Å². The fraction of sp³-hybridized carbons (Fsp3) is 0.278. The molecule has 3 rings (SSSR count). The molecule has 150 valence electrons. The molecule has 0 aliphatic rings. The number of nitrogens with one attached hydrogen (secondary N) is 3. The van der Waals surface area contributed by atoms with E-state index in [0.29, 0.717) is 16.8 Å². The first-order valence-electron chi connectivity index (χ1n) is 8.60. The maximum Gasteiger partial charge on any atom is 0.250 e. The smallest absolute Gasteiger partial charge is 0.250 e. The number of hydrogen-bond donors (Lipinski definition) is 3. The molecule has 1 unspecified atom stereocenters. The molecule has 3 aromatic rings. The number of aliphatic imine (C=N–C) groups is 1. The zero-order valence-corrected chi connectivity index (χ0v) is 17.8. The average Bonchev–Trinajstić information content (AvgIpc) is 3.30. The fourth-order valence-electron chi connectivity index (χ4n) is 2.57. The molecule has 0 spiro atoms. The van der Waals surface area contributed by atoms with Crippen molar-refractivity contribution in [2.24, 2.45) is 4.99 Å². The van der Waals surface area contributed by atoms with E-state index in [1.165, 1.54) is 6.07 Å². The van der Waals surface area contributed by atoms with Crippen molar-refractivity contribution in [1.82, 2.24) is 15.4 Å². The second-order valence-corrected chi connectivity index (χ2v) is 9.72. The molecule has 0 bridgehead atoms. The number of hydrogen-bond acceptors (Lipinski definition) is 5. The van der Waals surface area contributed by atoms with Crippen molar-refractivity contribution >= 4 is 49.9 Å². The number of para-hydroxylation sites is 1. The van der Waals surface area contributed by atoms with Crippen LogP contribution in [0.4, 0.5) is 0 Å². The van der Waals surface area contributed by atoms with E-state index in [0.717, 1.165) is 28.1 Å². The first-order valence-corrected chi connectivity index (χ1v) is 11.3. The van der Waals surface area contributed by atoms with Crippen molar-refractivity contribution in [2.75, 3.05) is 20.1 Å². The minimum absolute atomic E-state index is 0.108. The number of fused-ring (bicyclic) bond motifs is 1. The minimum Gasteiger partial charge on any atom is -0.459 e. The van der Waals surface area contributed by atoms with Crippen LogP contribution in [0.15, 0.2) is 56.1 Å². The number of guanidine groups is 1. The maximum atomic E-state index is 12.2. The van der Waals surface area contributed by atoms with Crippen LogP contribution in [-0.4, -0.2) is 34.5 Å². The molecule has 7 nitrogen and oxygen atoms in total. The molecule has 1 aromatic carbocycles. The molecule has 3 N–H and O–H groups in total. The Hall–Kier alpha value is -2.07. The van der Waals surface area contributed by atoms with Gasteiger partial charge in [-0.3, -0.25) is 4.99 Å². The van der Waals surface area contributed by atoms with Gasteiger partial charge in [0.1, 0.15) is 15.6 Å². The Labute approximate surface area is 172 Å². The molecular formula is C18H21ClN4O3S2. The second kappa shape index (κ2) is 8.95. The van der Waals surface area contributed by atoms with Gasteiger partial charge in [0.25, 0.3) is 0 Å². The summed E-state index contributed by atoms with van der Waals surface area (Å²) in [4.78, 5) is 4.16. The second-order valence-electron chi connectivity index (χ2n) is 6.01. The van der Waals surface area contributed by atoms with E-state index >= 15 is 0 Å². The van der Waals surface area contributed by atoms with Crippen LogP contribution in [0.3, 0.4) is 0 Å². The van der Waals surface area contributed by atoms with Gasteiger partial charge in [-0.15, -0.1) is 11.3 Å². The van der Waals surface area contributed by atoms with Gasteiger partial charge in [-0.05, 0) is 31.2 Å². The summed E-state index contributed by atoms with van der Waals surface area (Å²) in [6.07, 6.45) is 0. The molecule has 0 amide bonds. The largest absolute Gasteiger partial charge is 0.459 e. The number of rotatable bonds is 7. The van der Waals surface area contributed by atoms with Crippen molar-refractivity contribution in [3.8, 4) is 0 Å². The van der Waals surface area contributed by atoms with Gasteiger partial charge in [0.15, 0.2) is 5.96 Å². The monoisotopic (exact) mass is 440 g/mol. The van der Waals surface area contributed by atoms with Gasteiger partial charge in [0.05, 0.1) is 10.4 Å². The van der Waals surface area contributed by atoms with Gasteiger partial charge >= 0.3 is 0 Å². The average molecular weight is 441 g/mol. The van der Waals surface area contributed by atoms with Crippen LogP contribution in [0.1, 0.15) is 18.7 Å². The number of sulfonamides is 1. The highest BCUT2D eigenvalue weighted by molar-refractivity contribution is 7.91. The van der Waals surface area contributed by atoms with Crippen LogP contribution in [0, 0.1) is 0 Å². The quantitative estimate of drug-likeness (QED) is 0.297. The van der Waals surface area contributed by atoms with E-state index in [2.05, 4.69) is 20.3 Å². The van der Waals surface area contributed by atoms with Crippen molar-refractivity contribution in [3.05, 3.63) is 52.6 Å². The third kappa shape index (κ3) is 5.05. The molecule has 2 aromatic heterocycles. The van der Waals surface area contributed by atoms with Gasteiger partial charge in [-0.25, -0.2) is 13.1 Å². The fourth-order valence-corrected chi connectivity index (χ4v) is 5.13. The Morgan fingerprint density at radius 2 is 2.04 bits per heavy atom. The zero-order valence-electron chi connectivity index (χ0n) is 15.4. The zero-order chi connectivity index (χ0) is 20.1. The summed E-state index contributed by atoms with van der Waals surface area (Å²) in [6.45, 7) is 2.54. The highest BCUT2D eigenvalue weighted by Gasteiger charge is 2.16. The third-order valence-corrected chi connectivity index (χ3v) is 7.16. The van der Waals surface area contributed by atoms with Crippen molar-refractivity contribution in [3.63, 3.8) is 0 Å². The van der Waals surface area contributed by atoms with Gasteiger partial charge in [-0.2, -0.15) is 0 Å². The first-order chi connectivity index (χ1) is 13.4. The lowest BCUT2D eigenvalue weighted by Crippen LogP contribution is -2.42. The predicted octanol–water partition coefficient (Wildman–Crippen LogP) is 3.35. The molecule has 0 aliphatic carbocycles. The van der Waals surface area contributed by atoms with Gasteiger partial charge in [-0.1, -0.05) is 29.8 Å². The van der Waals surface area contributed by atoms with Crippen LogP contribution in [0.25, 0.3) is 11.0 Å². The number of thiophene rings is 1. The van der Waals surface area contributed by atoms with E-state index in [-0.39, 0.29) is 16.8 Å². The van der Waals surface area contributed by atoms with Crippen molar-refractivity contribution in [1.29, 1.82) is 0 Å². The summed E-state index contributed by atoms with van der Waals surface area (Å²) < 4.78 is 33.3. The third-order valence-electron chi connectivity index (χ3n) is 3.97. The molecular weight excluding hydrogens is 420 g/mol. The van der Waals surface area contributed by atoms with Crippen molar-refractivity contribution in [2.45, 2.75) is 17.2 Å². The Morgan fingerprint density at radius 1 is 1.25 bits per heavy atom. The molecule has 2 heterocycles. The summed E-state index contributed by atoms with van der Waals surface area (Å²) in [5, 5.41) is 7.35.